The van der Waals surface area contributed by atoms with Crippen molar-refractivity contribution in [2.75, 3.05) is 13.1 Å². The first-order valence-corrected chi connectivity index (χ1v) is 8.19. The molecule has 2 N–H and O–H groups in total. The first-order chi connectivity index (χ1) is 9.89. The third kappa shape index (κ3) is 2.39. The minimum absolute atomic E-state index is 0.124. The van der Waals surface area contributed by atoms with Gasteiger partial charge in [-0.2, -0.15) is 4.31 Å². The zero-order valence-electron chi connectivity index (χ0n) is 11.7. The van der Waals surface area contributed by atoms with Gasteiger partial charge in [-0.15, -0.1) is 0 Å². The number of nitrogens with two attached hydrogens (primary N) is 1. The fourth-order valence-corrected chi connectivity index (χ4v) is 4.17. The number of benzene rings is 1. The molecule has 1 aliphatic heterocycles. The minimum Gasteiger partial charge on any atom is -0.408 e. The molecule has 0 saturated carbocycles. The van der Waals surface area contributed by atoms with E-state index in [2.05, 4.69) is 0 Å². The summed E-state index contributed by atoms with van der Waals surface area (Å²) in [5.74, 6) is -0.514. The molecular weight excluding hydrogens is 294 g/mol. The highest BCUT2D eigenvalue weighted by molar-refractivity contribution is 7.89. The molecule has 2 aromatic rings. The van der Waals surface area contributed by atoms with E-state index in [0.717, 1.165) is 12.8 Å². The summed E-state index contributed by atoms with van der Waals surface area (Å²) in [5.41, 5.74) is 6.68. The van der Waals surface area contributed by atoms with Gasteiger partial charge in [0, 0.05) is 32.2 Å². The highest BCUT2D eigenvalue weighted by Crippen LogP contribution is 2.23. The van der Waals surface area contributed by atoms with Gasteiger partial charge in [0.25, 0.3) is 0 Å². The Balaban J connectivity index is 2.04. The molecule has 1 aliphatic rings. The third-order valence-corrected chi connectivity index (χ3v) is 5.68. The summed E-state index contributed by atoms with van der Waals surface area (Å²) in [6, 6.07) is 4.34. The van der Waals surface area contributed by atoms with Gasteiger partial charge in [-0.1, -0.05) is 0 Å². The Morgan fingerprint density at radius 1 is 1.38 bits per heavy atom. The Morgan fingerprint density at radius 2 is 2.14 bits per heavy atom. The van der Waals surface area contributed by atoms with Gasteiger partial charge in [0.05, 0.1) is 10.4 Å². The lowest BCUT2D eigenvalue weighted by molar-refractivity contribution is 0.316. The summed E-state index contributed by atoms with van der Waals surface area (Å²) >= 11 is 0. The maximum Gasteiger partial charge on any atom is 0.419 e. The summed E-state index contributed by atoms with van der Waals surface area (Å²) in [6.07, 6.45) is 1.58. The Morgan fingerprint density at radius 3 is 2.86 bits per heavy atom. The Kier molecular flexibility index (Phi) is 3.39. The van der Waals surface area contributed by atoms with Crippen LogP contribution in [0, 0.1) is 0 Å². The van der Waals surface area contributed by atoms with Gasteiger partial charge in [-0.05, 0) is 25.0 Å². The largest absolute Gasteiger partial charge is 0.419 e. The number of aryl methyl sites for hydroxylation is 1. The standard InChI is InChI=1S/C13H17N3O4S/c1-15-11-5-4-10(7-12(11)20-13(15)17)21(18,19)16-6-2-3-9(14)8-16/h4-5,7,9H,2-3,6,8,14H2,1H3/t9-/m1/s1. The number of rotatable bonds is 2. The molecule has 8 heteroatoms. The van der Waals surface area contributed by atoms with Crippen LogP contribution in [0.4, 0.5) is 0 Å². The zero-order valence-corrected chi connectivity index (χ0v) is 12.5. The lowest BCUT2D eigenvalue weighted by Crippen LogP contribution is -2.45. The van der Waals surface area contributed by atoms with E-state index in [1.54, 1.807) is 13.1 Å². The zero-order chi connectivity index (χ0) is 15.2. The molecule has 3 rings (SSSR count). The van der Waals surface area contributed by atoms with Gasteiger partial charge in [0.2, 0.25) is 10.0 Å². The Hall–Kier alpha value is -1.64. The third-order valence-electron chi connectivity index (χ3n) is 3.82. The first kappa shape index (κ1) is 14.3. The quantitative estimate of drug-likeness (QED) is 0.857. The molecule has 1 aromatic heterocycles. The molecule has 1 aromatic carbocycles. The second-order valence-corrected chi connectivity index (χ2v) is 7.26. The van der Waals surface area contributed by atoms with Gasteiger partial charge < -0.3 is 10.2 Å². The number of piperidine rings is 1. The normalized spacial score (nSPS) is 21.0. The SMILES string of the molecule is Cn1c(=O)oc2cc(S(=O)(=O)N3CCC[C@@H](N)C3)ccc21. The summed E-state index contributed by atoms with van der Waals surface area (Å²) in [6.45, 7) is 0.784. The number of oxazole rings is 1. The number of aromatic nitrogens is 1. The highest BCUT2D eigenvalue weighted by Gasteiger charge is 2.29. The highest BCUT2D eigenvalue weighted by atomic mass is 32.2. The number of hydrogen-bond acceptors (Lipinski definition) is 5. The molecule has 0 radical (unpaired) electrons. The summed E-state index contributed by atoms with van der Waals surface area (Å²) in [7, 11) is -2.03. The van der Waals surface area contributed by atoms with E-state index in [0.29, 0.717) is 18.6 Å². The number of sulfonamides is 1. The molecule has 0 amide bonds. The fourth-order valence-electron chi connectivity index (χ4n) is 2.62. The monoisotopic (exact) mass is 311 g/mol. The second-order valence-electron chi connectivity index (χ2n) is 5.32. The van der Waals surface area contributed by atoms with Crippen molar-refractivity contribution >= 4 is 21.1 Å². The average Bonchev–Trinajstić information content (AvgIpc) is 2.73. The lowest BCUT2D eigenvalue weighted by Gasteiger charge is -2.29. The van der Waals surface area contributed by atoms with E-state index in [-0.39, 0.29) is 16.5 Å². The molecule has 2 heterocycles. The smallest absolute Gasteiger partial charge is 0.408 e. The van der Waals surface area contributed by atoms with Crippen LogP contribution in [0.3, 0.4) is 0 Å². The van der Waals surface area contributed by atoms with Crippen LogP contribution in [0.25, 0.3) is 11.1 Å². The average molecular weight is 311 g/mol. The van der Waals surface area contributed by atoms with Crippen molar-refractivity contribution in [3.63, 3.8) is 0 Å². The van der Waals surface area contributed by atoms with Crippen LogP contribution < -0.4 is 11.5 Å². The van der Waals surface area contributed by atoms with Crippen LogP contribution in [-0.4, -0.2) is 36.4 Å². The number of fused-ring (bicyclic) bond motifs is 1. The molecule has 114 valence electrons. The molecule has 7 nitrogen and oxygen atoms in total. The maximum absolute atomic E-state index is 12.6. The van der Waals surface area contributed by atoms with Crippen LogP contribution in [0.2, 0.25) is 0 Å². The predicted octanol–water partition coefficient (Wildman–Crippen LogP) is 0.243. The molecule has 21 heavy (non-hydrogen) atoms. The summed E-state index contributed by atoms with van der Waals surface area (Å²) in [4.78, 5) is 11.6. The number of hydrogen-bond donors (Lipinski definition) is 1. The summed E-state index contributed by atoms with van der Waals surface area (Å²) < 4.78 is 33.0. The molecule has 1 saturated heterocycles. The van der Waals surface area contributed by atoms with Gasteiger partial charge in [-0.25, -0.2) is 13.2 Å². The van der Waals surface area contributed by atoms with E-state index < -0.39 is 15.8 Å². The molecule has 0 spiro atoms. The van der Waals surface area contributed by atoms with Crippen LogP contribution >= 0.6 is 0 Å². The van der Waals surface area contributed by atoms with Gasteiger partial charge >= 0.3 is 5.76 Å². The van der Waals surface area contributed by atoms with E-state index in [4.69, 9.17) is 10.2 Å². The molecule has 1 fully saturated rings. The van der Waals surface area contributed by atoms with Crippen molar-refractivity contribution in [2.45, 2.75) is 23.8 Å². The Labute approximate surface area is 122 Å². The van der Waals surface area contributed by atoms with Crippen molar-refractivity contribution in [3.05, 3.63) is 28.7 Å². The van der Waals surface area contributed by atoms with Crippen LogP contribution in [0.15, 0.2) is 32.3 Å². The predicted molar refractivity (Wildman–Crippen MR) is 77.4 cm³/mol. The van der Waals surface area contributed by atoms with Gasteiger partial charge in [0.1, 0.15) is 0 Å². The first-order valence-electron chi connectivity index (χ1n) is 6.75. The Bertz CT molecular complexity index is 837. The van der Waals surface area contributed by atoms with Crippen molar-refractivity contribution in [1.29, 1.82) is 0 Å². The van der Waals surface area contributed by atoms with Gasteiger partial charge in [0.15, 0.2) is 5.58 Å². The summed E-state index contributed by atoms with van der Waals surface area (Å²) in [5, 5.41) is 0. The van der Waals surface area contributed by atoms with Gasteiger partial charge in [-0.3, -0.25) is 4.57 Å². The van der Waals surface area contributed by atoms with Crippen molar-refractivity contribution < 1.29 is 12.8 Å². The molecule has 0 aliphatic carbocycles. The maximum atomic E-state index is 12.6. The van der Waals surface area contributed by atoms with Crippen LogP contribution in [-0.2, 0) is 17.1 Å². The van der Waals surface area contributed by atoms with E-state index >= 15 is 0 Å². The topological polar surface area (TPSA) is 98.5 Å². The van der Waals surface area contributed by atoms with E-state index in [1.807, 2.05) is 0 Å². The van der Waals surface area contributed by atoms with Crippen molar-refractivity contribution in [1.82, 2.24) is 8.87 Å². The van der Waals surface area contributed by atoms with E-state index in [9.17, 15) is 13.2 Å². The molecular formula is C13H17N3O4S. The fraction of sp³-hybridized carbons (Fsp3) is 0.462. The van der Waals surface area contributed by atoms with Crippen molar-refractivity contribution in [3.8, 4) is 0 Å². The minimum atomic E-state index is -3.61. The van der Waals surface area contributed by atoms with E-state index in [1.165, 1.54) is 21.0 Å². The van der Waals surface area contributed by atoms with Crippen molar-refractivity contribution in [2.24, 2.45) is 12.8 Å². The lowest BCUT2D eigenvalue weighted by atomic mass is 10.1. The van der Waals surface area contributed by atoms with Crippen LogP contribution in [0.5, 0.6) is 0 Å². The number of nitrogens with zero attached hydrogens (tertiary/aromatic N) is 2. The van der Waals surface area contributed by atoms with Crippen LogP contribution in [0.1, 0.15) is 12.8 Å². The molecule has 1 atom stereocenters. The molecule has 0 bridgehead atoms. The molecule has 0 unspecified atom stereocenters. The second kappa shape index (κ2) is 4.97.